The Morgan fingerprint density at radius 2 is 2.12 bits per heavy atom. The second-order valence-electron chi connectivity index (χ2n) is 3.30. The maximum atomic E-state index is 5.85. The Bertz CT molecular complexity index is 534. The molecule has 2 aromatic rings. The van der Waals surface area contributed by atoms with E-state index in [4.69, 9.17) is 22.1 Å². The molecule has 0 aliphatic rings. The molecule has 0 aliphatic carbocycles. The van der Waals surface area contributed by atoms with Crippen LogP contribution in [-0.2, 0) is 0 Å². The van der Waals surface area contributed by atoms with Crippen molar-refractivity contribution in [3.63, 3.8) is 0 Å². The van der Waals surface area contributed by atoms with Gasteiger partial charge in [0.25, 0.3) is 0 Å². The number of halogens is 1. The van der Waals surface area contributed by atoms with Crippen molar-refractivity contribution in [3.8, 4) is 5.75 Å². The molecule has 0 unspecified atom stereocenters. The first-order valence-corrected chi connectivity index (χ1v) is 6.12. The summed E-state index contributed by atoms with van der Waals surface area (Å²) in [4.78, 5) is 5.17. The minimum absolute atomic E-state index is 0.534. The Morgan fingerprint density at radius 3 is 2.82 bits per heavy atom. The van der Waals surface area contributed by atoms with E-state index in [1.807, 2.05) is 24.3 Å². The van der Waals surface area contributed by atoms with Crippen LogP contribution >= 0.6 is 23.4 Å². The third-order valence-corrected chi connectivity index (χ3v) is 3.42. The van der Waals surface area contributed by atoms with Gasteiger partial charge < -0.3 is 10.5 Å². The van der Waals surface area contributed by atoms with E-state index in [1.54, 1.807) is 19.4 Å². The number of ether oxygens (including phenoxy) is 1. The molecule has 17 heavy (non-hydrogen) atoms. The van der Waals surface area contributed by atoms with E-state index in [9.17, 15) is 0 Å². The largest absolute Gasteiger partial charge is 0.496 e. The summed E-state index contributed by atoms with van der Waals surface area (Å²) >= 11 is 7.26. The van der Waals surface area contributed by atoms with Crippen molar-refractivity contribution in [1.82, 2.24) is 4.98 Å². The molecule has 3 nitrogen and oxygen atoms in total. The molecule has 0 spiro atoms. The van der Waals surface area contributed by atoms with Crippen LogP contribution in [0.15, 0.2) is 46.5 Å². The number of hydrogen-bond acceptors (Lipinski definition) is 4. The predicted octanol–water partition coefficient (Wildman–Crippen LogP) is 3.48. The summed E-state index contributed by atoms with van der Waals surface area (Å²) in [5.74, 6) is 0.800. The van der Waals surface area contributed by atoms with Gasteiger partial charge in [-0.1, -0.05) is 35.5 Å². The standard InChI is InChI=1S/C12H11ClN2OS/c1-16-10-4-2-3-5-11(10)17-12-9(14)6-8(13)7-15-12/h2-7H,14H2,1H3. The number of para-hydroxylation sites is 1. The van der Waals surface area contributed by atoms with Gasteiger partial charge in [0.2, 0.25) is 0 Å². The molecule has 0 atom stereocenters. The van der Waals surface area contributed by atoms with Gasteiger partial charge in [0, 0.05) is 6.20 Å². The maximum Gasteiger partial charge on any atom is 0.132 e. The highest BCUT2D eigenvalue weighted by Crippen LogP contribution is 2.36. The Balaban J connectivity index is 2.31. The molecule has 0 amide bonds. The van der Waals surface area contributed by atoms with Gasteiger partial charge in [-0.15, -0.1) is 0 Å². The number of aromatic nitrogens is 1. The fourth-order valence-corrected chi connectivity index (χ4v) is 2.39. The lowest BCUT2D eigenvalue weighted by molar-refractivity contribution is 0.405. The molecule has 88 valence electrons. The zero-order chi connectivity index (χ0) is 12.3. The van der Waals surface area contributed by atoms with Crippen LogP contribution < -0.4 is 10.5 Å². The van der Waals surface area contributed by atoms with E-state index in [1.165, 1.54) is 11.8 Å². The minimum Gasteiger partial charge on any atom is -0.496 e. The second-order valence-corrected chi connectivity index (χ2v) is 4.77. The lowest BCUT2D eigenvalue weighted by Gasteiger charge is -2.08. The third kappa shape index (κ3) is 2.84. The summed E-state index contributed by atoms with van der Waals surface area (Å²) < 4.78 is 5.27. The van der Waals surface area contributed by atoms with Crippen molar-refractivity contribution in [2.24, 2.45) is 0 Å². The molecule has 0 bridgehead atoms. The predicted molar refractivity (Wildman–Crippen MR) is 70.8 cm³/mol. The van der Waals surface area contributed by atoms with E-state index in [-0.39, 0.29) is 0 Å². The average molecular weight is 267 g/mol. The molecule has 0 radical (unpaired) electrons. The summed E-state index contributed by atoms with van der Waals surface area (Å²) in [5.41, 5.74) is 6.42. The van der Waals surface area contributed by atoms with Crippen molar-refractivity contribution in [1.29, 1.82) is 0 Å². The Morgan fingerprint density at radius 1 is 1.35 bits per heavy atom. The van der Waals surface area contributed by atoms with Crippen LogP contribution in [-0.4, -0.2) is 12.1 Å². The molecular weight excluding hydrogens is 256 g/mol. The van der Waals surface area contributed by atoms with Gasteiger partial charge in [0.05, 0.1) is 22.7 Å². The number of methoxy groups -OCH3 is 1. The number of rotatable bonds is 3. The van der Waals surface area contributed by atoms with Gasteiger partial charge in [-0.05, 0) is 18.2 Å². The van der Waals surface area contributed by atoms with Gasteiger partial charge >= 0.3 is 0 Å². The smallest absolute Gasteiger partial charge is 0.132 e. The number of pyridine rings is 1. The Kier molecular flexibility index (Phi) is 3.76. The van der Waals surface area contributed by atoms with Crippen LogP contribution in [0.2, 0.25) is 5.02 Å². The SMILES string of the molecule is COc1ccccc1Sc1ncc(Cl)cc1N. The Labute approximate surface area is 109 Å². The fourth-order valence-electron chi connectivity index (χ4n) is 1.33. The van der Waals surface area contributed by atoms with Gasteiger partial charge in [-0.25, -0.2) is 4.98 Å². The normalized spacial score (nSPS) is 10.2. The highest BCUT2D eigenvalue weighted by atomic mass is 35.5. The topological polar surface area (TPSA) is 48.1 Å². The van der Waals surface area contributed by atoms with E-state index in [2.05, 4.69) is 4.98 Å². The number of nitrogen functional groups attached to an aromatic ring is 1. The van der Waals surface area contributed by atoms with E-state index >= 15 is 0 Å². The van der Waals surface area contributed by atoms with E-state index in [0.29, 0.717) is 10.7 Å². The number of nitrogens with two attached hydrogens (primary N) is 1. The average Bonchev–Trinajstić information content (AvgIpc) is 2.33. The zero-order valence-corrected chi connectivity index (χ0v) is 10.8. The van der Waals surface area contributed by atoms with Crippen LogP contribution in [0, 0.1) is 0 Å². The second kappa shape index (κ2) is 5.29. The molecule has 2 rings (SSSR count). The molecule has 1 heterocycles. The van der Waals surface area contributed by atoms with Crippen LogP contribution in [0.5, 0.6) is 5.75 Å². The summed E-state index contributed by atoms with van der Waals surface area (Å²) in [5, 5.41) is 1.26. The minimum atomic E-state index is 0.534. The number of benzene rings is 1. The van der Waals surface area contributed by atoms with Crippen LogP contribution in [0.1, 0.15) is 0 Å². The van der Waals surface area contributed by atoms with Gasteiger partial charge in [-0.3, -0.25) is 0 Å². The number of anilines is 1. The summed E-state index contributed by atoms with van der Waals surface area (Å²) in [6, 6.07) is 9.40. The molecule has 0 saturated heterocycles. The van der Waals surface area contributed by atoms with E-state index < -0.39 is 0 Å². The lowest BCUT2D eigenvalue weighted by atomic mass is 10.3. The van der Waals surface area contributed by atoms with Crippen LogP contribution in [0.25, 0.3) is 0 Å². The molecule has 0 aliphatic heterocycles. The summed E-state index contributed by atoms with van der Waals surface area (Å²) in [6.07, 6.45) is 1.58. The van der Waals surface area contributed by atoms with Crippen molar-refractivity contribution >= 4 is 29.1 Å². The van der Waals surface area contributed by atoms with Gasteiger partial charge in [0.1, 0.15) is 10.8 Å². The molecule has 0 fully saturated rings. The van der Waals surface area contributed by atoms with Crippen molar-refractivity contribution in [3.05, 3.63) is 41.6 Å². The maximum absolute atomic E-state index is 5.85. The fraction of sp³-hybridized carbons (Fsp3) is 0.0833. The monoisotopic (exact) mass is 266 g/mol. The molecule has 2 N–H and O–H groups in total. The van der Waals surface area contributed by atoms with Crippen LogP contribution in [0.3, 0.4) is 0 Å². The summed E-state index contributed by atoms with van der Waals surface area (Å²) in [7, 11) is 1.64. The number of nitrogens with zero attached hydrogens (tertiary/aromatic N) is 1. The van der Waals surface area contributed by atoms with Gasteiger partial charge in [-0.2, -0.15) is 0 Å². The molecule has 5 heteroatoms. The first-order chi connectivity index (χ1) is 8.20. The zero-order valence-electron chi connectivity index (χ0n) is 9.18. The van der Waals surface area contributed by atoms with E-state index in [0.717, 1.165) is 15.7 Å². The Hall–Kier alpha value is -1.39. The van der Waals surface area contributed by atoms with Crippen molar-refractivity contribution in [2.75, 3.05) is 12.8 Å². The van der Waals surface area contributed by atoms with Crippen molar-refractivity contribution < 1.29 is 4.74 Å². The summed E-state index contributed by atoms with van der Waals surface area (Å²) in [6.45, 7) is 0. The molecular formula is C12H11ClN2OS. The molecule has 0 saturated carbocycles. The first kappa shape index (κ1) is 12.1. The lowest BCUT2D eigenvalue weighted by Crippen LogP contribution is -1.92. The van der Waals surface area contributed by atoms with Crippen LogP contribution in [0.4, 0.5) is 5.69 Å². The first-order valence-electron chi connectivity index (χ1n) is 4.92. The molecule has 1 aromatic carbocycles. The molecule has 1 aromatic heterocycles. The number of hydrogen-bond donors (Lipinski definition) is 1. The highest BCUT2D eigenvalue weighted by molar-refractivity contribution is 7.99. The highest BCUT2D eigenvalue weighted by Gasteiger charge is 2.08. The van der Waals surface area contributed by atoms with Gasteiger partial charge in [0.15, 0.2) is 0 Å². The third-order valence-electron chi connectivity index (χ3n) is 2.12. The van der Waals surface area contributed by atoms with Crippen molar-refractivity contribution in [2.45, 2.75) is 9.92 Å². The quantitative estimate of drug-likeness (QED) is 0.924.